The van der Waals surface area contributed by atoms with Crippen molar-refractivity contribution in [2.24, 2.45) is 0 Å². The van der Waals surface area contributed by atoms with Gasteiger partial charge in [0.15, 0.2) is 0 Å². The van der Waals surface area contributed by atoms with E-state index in [1.807, 2.05) is 41.3 Å². The third-order valence-corrected chi connectivity index (χ3v) is 5.44. The number of hydrogen-bond donors (Lipinski definition) is 0. The Hall–Kier alpha value is -2.56. The quantitative estimate of drug-likeness (QED) is 0.842. The van der Waals surface area contributed by atoms with Crippen molar-refractivity contribution < 1.29 is 14.0 Å². The predicted molar refractivity (Wildman–Crippen MR) is 97.4 cm³/mol. The highest BCUT2D eigenvalue weighted by Crippen LogP contribution is 2.31. The molecule has 1 aromatic carbocycles. The van der Waals surface area contributed by atoms with E-state index in [9.17, 15) is 9.59 Å². The molecule has 0 aliphatic carbocycles. The number of hydrogen-bond acceptors (Lipinski definition) is 3. The van der Waals surface area contributed by atoms with Crippen LogP contribution in [0.25, 0.3) is 0 Å². The maximum Gasteiger partial charge on any atom is 0.254 e. The summed E-state index contributed by atoms with van der Waals surface area (Å²) in [6, 6.07) is 11.5. The molecule has 0 N–H and O–H groups in total. The predicted octanol–water partition coefficient (Wildman–Crippen LogP) is 3.77. The molecule has 26 heavy (non-hydrogen) atoms. The second-order valence-corrected chi connectivity index (χ2v) is 7.10. The molecular formula is C21H24N2O3. The Bertz CT molecular complexity index is 784. The summed E-state index contributed by atoms with van der Waals surface area (Å²) >= 11 is 0. The Morgan fingerprint density at radius 3 is 2.81 bits per heavy atom. The summed E-state index contributed by atoms with van der Waals surface area (Å²) in [5.41, 5.74) is 1.82. The minimum atomic E-state index is 0.0199. The van der Waals surface area contributed by atoms with Crippen LogP contribution in [0.2, 0.25) is 0 Å². The standard InChI is InChI=1S/C21H24N2O3/c24-20(11-13-22-15-16-7-3-4-8-17(16)21(22)25)23-12-5-1-2-9-18(23)19-10-6-14-26-19/h3-4,6-8,10,14,18H,1-2,5,9,11-13,15H2. The van der Waals surface area contributed by atoms with Gasteiger partial charge in [0, 0.05) is 31.6 Å². The Morgan fingerprint density at radius 1 is 1.12 bits per heavy atom. The van der Waals surface area contributed by atoms with Crippen LogP contribution in [0, 0.1) is 0 Å². The van der Waals surface area contributed by atoms with Gasteiger partial charge in [-0.25, -0.2) is 0 Å². The van der Waals surface area contributed by atoms with E-state index in [0.717, 1.165) is 49.1 Å². The van der Waals surface area contributed by atoms with Crippen LogP contribution in [-0.4, -0.2) is 34.7 Å². The lowest BCUT2D eigenvalue weighted by Gasteiger charge is -2.29. The first-order valence-electron chi connectivity index (χ1n) is 9.44. The largest absolute Gasteiger partial charge is 0.467 e. The Kier molecular flexibility index (Phi) is 4.78. The van der Waals surface area contributed by atoms with Gasteiger partial charge in [0.05, 0.1) is 12.3 Å². The molecule has 5 nitrogen and oxygen atoms in total. The van der Waals surface area contributed by atoms with Crippen molar-refractivity contribution in [2.75, 3.05) is 13.1 Å². The number of likely N-dealkylation sites (tertiary alicyclic amines) is 1. The zero-order valence-corrected chi connectivity index (χ0v) is 14.9. The van der Waals surface area contributed by atoms with E-state index in [1.54, 1.807) is 11.2 Å². The van der Waals surface area contributed by atoms with Gasteiger partial charge in [0.1, 0.15) is 5.76 Å². The number of furan rings is 1. The van der Waals surface area contributed by atoms with Gasteiger partial charge >= 0.3 is 0 Å². The number of benzene rings is 1. The van der Waals surface area contributed by atoms with Crippen LogP contribution in [0.1, 0.15) is 59.8 Å². The van der Waals surface area contributed by atoms with Gasteiger partial charge in [0.2, 0.25) is 5.91 Å². The minimum Gasteiger partial charge on any atom is -0.467 e. The number of amides is 2. The van der Waals surface area contributed by atoms with Crippen LogP contribution in [0.4, 0.5) is 0 Å². The zero-order chi connectivity index (χ0) is 17.9. The molecular weight excluding hydrogens is 328 g/mol. The van der Waals surface area contributed by atoms with Crippen molar-refractivity contribution in [1.82, 2.24) is 9.80 Å². The maximum absolute atomic E-state index is 12.9. The topological polar surface area (TPSA) is 53.8 Å². The molecule has 2 amide bonds. The first kappa shape index (κ1) is 16.9. The molecule has 2 aromatic rings. The summed E-state index contributed by atoms with van der Waals surface area (Å²) in [7, 11) is 0. The number of rotatable bonds is 4. The Labute approximate surface area is 153 Å². The molecule has 1 aromatic heterocycles. The highest BCUT2D eigenvalue weighted by molar-refractivity contribution is 5.98. The molecule has 136 valence electrons. The van der Waals surface area contributed by atoms with E-state index < -0.39 is 0 Å². The fourth-order valence-corrected chi connectivity index (χ4v) is 4.05. The van der Waals surface area contributed by atoms with Gasteiger partial charge in [-0.05, 0) is 36.6 Å². The van der Waals surface area contributed by atoms with Crippen LogP contribution in [0.5, 0.6) is 0 Å². The van der Waals surface area contributed by atoms with Crippen molar-refractivity contribution in [3.8, 4) is 0 Å². The molecule has 0 saturated carbocycles. The summed E-state index contributed by atoms with van der Waals surface area (Å²) < 4.78 is 5.59. The van der Waals surface area contributed by atoms with Crippen molar-refractivity contribution in [1.29, 1.82) is 0 Å². The molecule has 2 aliphatic heterocycles. The van der Waals surface area contributed by atoms with E-state index in [1.165, 1.54) is 0 Å². The van der Waals surface area contributed by atoms with E-state index in [-0.39, 0.29) is 17.9 Å². The van der Waals surface area contributed by atoms with Gasteiger partial charge in [0.25, 0.3) is 5.91 Å². The summed E-state index contributed by atoms with van der Waals surface area (Å²) in [6.45, 7) is 1.83. The number of carbonyl (C=O) groups is 2. The SMILES string of the molecule is O=C1c2ccccc2CN1CCC(=O)N1CCCCCC1c1ccco1. The first-order valence-corrected chi connectivity index (χ1v) is 9.44. The normalized spacial score (nSPS) is 20.2. The van der Waals surface area contributed by atoms with E-state index in [0.29, 0.717) is 19.5 Å². The third-order valence-electron chi connectivity index (χ3n) is 5.44. The molecule has 1 fully saturated rings. The van der Waals surface area contributed by atoms with Gasteiger partial charge < -0.3 is 14.2 Å². The van der Waals surface area contributed by atoms with Crippen LogP contribution in [0.3, 0.4) is 0 Å². The molecule has 0 bridgehead atoms. The fourth-order valence-electron chi connectivity index (χ4n) is 4.05. The summed E-state index contributed by atoms with van der Waals surface area (Å²) in [5, 5.41) is 0. The van der Waals surface area contributed by atoms with Crippen molar-refractivity contribution >= 4 is 11.8 Å². The minimum absolute atomic E-state index is 0.0199. The van der Waals surface area contributed by atoms with Gasteiger partial charge in [-0.15, -0.1) is 0 Å². The second kappa shape index (κ2) is 7.36. The average molecular weight is 352 g/mol. The number of fused-ring (bicyclic) bond motifs is 1. The molecule has 4 rings (SSSR count). The molecule has 3 heterocycles. The fraction of sp³-hybridized carbons (Fsp3) is 0.429. The first-order chi connectivity index (χ1) is 12.7. The lowest BCUT2D eigenvalue weighted by molar-refractivity contribution is -0.134. The Balaban J connectivity index is 1.41. The molecule has 5 heteroatoms. The van der Waals surface area contributed by atoms with Crippen molar-refractivity contribution in [3.63, 3.8) is 0 Å². The molecule has 2 aliphatic rings. The van der Waals surface area contributed by atoms with E-state index >= 15 is 0 Å². The van der Waals surface area contributed by atoms with Crippen LogP contribution in [-0.2, 0) is 11.3 Å². The number of nitrogens with zero attached hydrogens (tertiary/aromatic N) is 2. The van der Waals surface area contributed by atoms with Crippen LogP contribution in [0.15, 0.2) is 47.1 Å². The highest BCUT2D eigenvalue weighted by Gasteiger charge is 2.31. The second-order valence-electron chi connectivity index (χ2n) is 7.10. The van der Waals surface area contributed by atoms with E-state index in [2.05, 4.69) is 0 Å². The van der Waals surface area contributed by atoms with Crippen molar-refractivity contribution in [2.45, 2.75) is 44.7 Å². The maximum atomic E-state index is 12.9. The Morgan fingerprint density at radius 2 is 2.00 bits per heavy atom. The summed E-state index contributed by atoms with van der Waals surface area (Å²) in [4.78, 5) is 29.2. The summed E-state index contributed by atoms with van der Waals surface area (Å²) in [5.74, 6) is 1.01. The summed E-state index contributed by atoms with van der Waals surface area (Å²) in [6.07, 6.45) is 6.24. The van der Waals surface area contributed by atoms with Gasteiger partial charge in [-0.2, -0.15) is 0 Å². The van der Waals surface area contributed by atoms with Crippen molar-refractivity contribution in [3.05, 3.63) is 59.5 Å². The van der Waals surface area contributed by atoms with Crippen LogP contribution < -0.4 is 0 Å². The molecule has 0 radical (unpaired) electrons. The van der Waals surface area contributed by atoms with Crippen LogP contribution >= 0.6 is 0 Å². The van der Waals surface area contributed by atoms with Gasteiger partial charge in [-0.1, -0.05) is 31.0 Å². The smallest absolute Gasteiger partial charge is 0.254 e. The monoisotopic (exact) mass is 352 g/mol. The van der Waals surface area contributed by atoms with E-state index in [4.69, 9.17) is 4.42 Å². The van der Waals surface area contributed by atoms with Gasteiger partial charge in [-0.3, -0.25) is 9.59 Å². The third kappa shape index (κ3) is 3.26. The molecule has 1 saturated heterocycles. The number of carbonyl (C=O) groups excluding carboxylic acids is 2. The average Bonchev–Trinajstić information content (AvgIpc) is 3.22. The highest BCUT2D eigenvalue weighted by atomic mass is 16.3. The lowest BCUT2D eigenvalue weighted by Crippen LogP contribution is -2.37. The zero-order valence-electron chi connectivity index (χ0n) is 14.9. The molecule has 0 spiro atoms. The lowest BCUT2D eigenvalue weighted by atomic mass is 10.1. The molecule has 1 unspecified atom stereocenters. The molecule has 1 atom stereocenters.